The predicted molar refractivity (Wildman–Crippen MR) is 91.3 cm³/mol. The van der Waals surface area contributed by atoms with Crippen molar-refractivity contribution in [3.05, 3.63) is 48.3 Å². The topological polar surface area (TPSA) is 65.4 Å². The number of ether oxygens (including phenoxy) is 1. The SMILES string of the molecule is CC(N)CC(C)COc1cc(F)c(-c2ccnc3ccnn23)cc1F. The van der Waals surface area contributed by atoms with E-state index in [1.165, 1.54) is 10.7 Å². The Morgan fingerprint density at radius 1 is 1.16 bits per heavy atom. The van der Waals surface area contributed by atoms with Crippen molar-refractivity contribution in [2.75, 3.05) is 6.61 Å². The van der Waals surface area contributed by atoms with Gasteiger partial charge in [0.1, 0.15) is 5.82 Å². The van der Waals surface area contributed by atoms with Gasteiger partial charge in [0, 0.05) is 29.9 Å². The maximum absolute atomic E-state index is 14.6. The molecule has 0 amide bonds. The fourth-order valence-corrected chi connectivity index (χ4v) is 2.81. The fourth-order valence-electron chi connectivity index (χ4n) is 2.81. The molecule has 25 heavy (non-hydrogen) atoms. The van der Waals surface area contributed by atoms with Crippen LogP contribution in [0.5, 0.6) is 5.75 Å². The molecular weight excluding hydrogens is 326 g/mol. The number of rotatable bonds is 6. The van der Waals surface area contributed by atoms with Crippen molar-refractivity contribution in [2.24, 2.45) is 11.7 Å². The molecule has 1 aromatic carbocycles. The molecule has 2 atom stereocenters. The van der Waals surface area contributed by atoms with Crippen LogP contribution in [0, 0.1) is 17.6 Å². The van der Waals surface area contributed by atoms with Crippen LogP contribution in [0.3, 0.4) is 0 Å². The zero-order chi connectivity index (χ0) is 18.0. The van der Waals surface area contributed by atoms with Gasteiger partial charge in [0.05, 0.1) is 18.5 Å². The summed E-state index contributed by atoms with van der Waals surface area (Å²) in [4.78, 5) is 4.12. The van der Waals surface area contributed by atoms with Crippen LogP contribution in [0.4, 0.5) is 8.78 Å². The molecule has 2 aromatic heterocycles. The highest BCUT2D eigenvalue weighted by Gasteiger charge is 2.16. The van der Waals surface area contributed by atoms with Gasteiger partial charge in [0.2, 0.25) is 0 Å². The maximum atomic E-state index is 14.6. The molecule has 2 N–H and O–H groups in total. The Morgan fingerprint density at radius 2 is 1.96 bits per heavy atom. The first-order valence-corrected chi connectivity index (χ1v) is 8.12. The van der Waals surface area contributed by atoms with Crippen molar-refractivity contribution in [2.45, 2.75) is 26.3 Å². The third kappa shape index (κ3) is 3.76. The Balaban J connectivity index is 1.87. The lowest BCUT2D eigenvalue weighted by molar-refractivity contribution is 0.236. The summed E-state index contributed by atoms with van der Waals surface area (Å²) in [5.41, 5.74) is 6.81. The first-order valence-electron chi connectivity index (χ1n) is 8.12. The summed E-state index contributed by atoms with van der Waals surface area (Å²) in [5.74, 6) is -1.17. The number of nitrogens with two attached hydrogens (primary N) is 1. The lowest BCUT2D eigenvalue weighted by atomic mass is 10.0. The molecule has 0 saturated carbocycles. The Morgan fingerprint density at radius 3 is 2.72 bits per heavy atom. The van der Waals surface area contributed by atoms with Gasteiger partial charge in [-0.05, 0) is 31.4 Å². The van der Waals surface area contributed by atoms with Crippen LogP contribution in [0.1, 0.15) is 20.3 Å². The van der Waals surface area contributed by atoms with Crippen molar-refractivity contribution in [1.82, 2.24) is 14.6 Å². The van der Waals surface area contributed by atoms with E-state index < -0.39 is 11.6 Å². The van der Waals surface area contributed by atoms with Crippen LogP contribution in [-0.4, -0.2) is 27.2 Å². The zero-order valence-corrected chi connectivity index (χ0v) is 14.1. The van der Waals surface area contributed by atoms with E-state index in [0.717, 1.165) is 18.6 Å². The highest BCUT2D eigenvalue weighted by Crippen LogP contribution is 2.29. The third-order valence-corrected chi connectivity index (χ3v) is 3.89. The molecule has 0 aliphatic carbocycles. The molecule has 3 rings (SSSR count). The number of fused-ring (bicyclic) bond motifs is 1. The van der Waals surface area contributed by atoms with E-state index in [2.05, 4.69) is 10.1 Å². The zero-order valence-electron chi connectivity index (χ0n) is 14.1. The second-order valence-corrected chi connectivity index (χ2v) is 6.32. The van der Waals surface area contributed by atoms with Crippen LogP contribution in [0.15, 0.2) is 36.7 Å². The first-order chi connectivity index (χ1) is 12.0. The summed E-state index contributed by atoms with van der Waals surface area (Å²) in [6.45, 7) is 4.13. The minimum Gasteiger partial charge on any atom is -0.490 e. The number of hydrogen-bond donors (Lipinski definition) is 1. The standard InChI is InChI=1S/C18H20F2N4O/c1-11(7-12(2)21)10-25-17-9-14(19)13(8-15(17)20)16-3-5-22-18-4-6-23-24(16)18/h3-6,8-9,11-12H,7,10,21H2,1-2H3. The second kappa shape index (κ2) is 7.14. The van der Waals surface area contributed by atoms with E-state index in [9.17, 15) is 8.78 Å². The van der Waals surface area contributed by atoms with E-state index in [4.69, 9.17) is 10.5 Å². The van der Waals surface area contributed by atoms with Crippen molar-refractivity contribution in [3.63, 3.8) is 0 Å². The van der Waals surface area contributed by atoms with Crippen LogP contribution in [-0.2, 0) is 0 Å². The monoisotopic (exact) mass is 346 g/mol. The van der Waals surface area contributed by atoms with Gasteiger partial charge in [0.15, 0.2) is 17.2 Å². The highest BCUT2D eigenvalue weighted by atomic mass is 19.1. The molecule has 3 aromatic rings. The molecular formula is C18H20F2N4O. The highest BCUT2D eigenvalue weighted by molar-refractivity contribution is 5.64. The maximum Gasteiger partial charge on any atom is 0.165 e. The van der Waals surface area contributed by atoms with Crippen molar-refractivity contribution < 1.29 is 13.5 Å². The molecule has 0 radical (unpaired) electrons. The molecule has 0 spiro atoms. The van der Waals surface area contributed by atoms with Gasteiger partial charge >= 0.3 is 0 Å². The Labute approximate surface area is 144 Å². The van der Waals surface area contributed by atoms with Crippen LogP contribution in [0.2, 0.25) is 0 Å². The number of nitrogens with zero attached hydrogens (tertiary/aromatic N) is 3. The van der Waals surface area contributed by atoms with Gasteiger partial charge < -0.3 is 10.5 Å². The van der Waals surface area contributed by atoms with E-state index in [-0.39, 0.29) is 29.9 Å². The van der Waals surface area contributed by atoms with Gasteiger partial charge in [0.25, 0.3) is 0 Å². The predicted octanol–water partition coefficient (Wildman–Crippen LogP) is 3.43. The molecule has 0 aliphatic rings. The lowest BCUT2D eigenvalue weighted by Crippen LogP contribution is -2.21. The minimum atomic E-state index is -0.624. The summed E-state index contributed by atoms with van der Waals surface area (Å²) in [5, 5.41) is 4.10. The third-order valence-electron chi connectivity index (χ3n) is 3.89. The Bertz CT molecular complexity index is 879. The van der Waals surface area contributed by atoms with Gasteiger partial charge in [-0.2, -0.15) is 5.10 Å². The number of hydrogen-bond acceptors (Lipinski definition) is 4. The van der Waals surface area contributed by atoms with E-state index in [1.807, 2.05) is 13.8 Å². The molecule has 2 heterocycles. The molecule has 0 saturated heterocycles. The van der Waals surface area contributed by atoms with Crippen LogP contribution < -0.4 is 10.5 Å². The molecule has 0 fully saturated rings. The summed E-state index contributed by atoms with van der Waals surface area (Å²) in [6.07, 6.45) is 3.83. The minimum absolute atomic E-state index is 0.0331. The Hall–Kier alpha value is -2.54. The van der Waals surface area contributed by atoms with E-state index in [0.29, 0.717) is 11.3 Å². The van der Waals surface area contributed by atoms with E-state index >= 15 is 0 Å². The molecule has 5 nitrogen and oxygen atoms in total. The molecule has 2 unspecified atom stereocenters. The molecule has 132 valence electrons. The van der Waals surface area contributed by atoms with Crippen LogP contribution in [0.25, 0.3) is 16.9 Å². The Kier molecular flexibility index (Phi) is 4.94. The number of aromatic nitrogens is 3. The molecule has 7 heteroatoms. The summed E-state index contributed by atoms with van der Waals surface area (Å²) < 4.78 is 35.8. The molecule has 0 aliphatic heterocycles. The first kappa shape index (κ1) is 17.3. The van der Waals surface area contributed by atoms with Crippen molar-refractivity contribution in [3.8, 4) is 17.0 Å². The van der Waals surface area contributed by atoms with Crippen molar-refractivity contribution in [1.29, 1.82) is 0 Å². The largest absolute Gasteiger partial charge is 0.490 e. The number of halogens is 2. The summed E-state index contributed by atoms with van der Waals surface area (Å²) in [7, 11) is 0. The number of benzene rings is 1. The average Bonchev–Trinajstić information content (AvgIpc) is 3.03. The quantitative estimate of drug-likeness (QED) is 0.743. The van der Waals surface area contributed by atoms with Gasteiger partial charge in [-0.3, -0.25) is 0 Å². The normalized spacial score (nSPS) is 13.8. The van der Waals surface area contributed by atoms with Gasteiger partial charge in [-0.25, -0.2) is 18.3 Å². The van der Waals surface area contributed by atoms with Crippen LogP contribution >= 0.6 is 0 Å². The smallest absolute Gasteiger partial charge is 0.165 e. The van der Waals surface area contributed by atoms with E-state index in [1.54, 1.807) is 18.3 Å². The van der Waals surface area contributed by atoms with Gasteiger partial charge in [-0.15, -0.1) is 0 Å². The summed E-state index contributed by atoms with van der Waals surface area (Å²) >= 11 is 0. The molecule has 0 bridgehead atoms. The fraction of sp³-hybridized carbons (Fsp3) is 0.333. The van der Waals surface area contributed by atoms with Gasteiger partial charge in [-0.1, -0.05) is 6.92 Å². The second-order valence-electron chi connectivity index (χ2n) is 6.32. The average molecular weight is 346 g/mol. The lowest BCUT2D eigenvalue weighted by Gasteiger charge is -2.16. The summed E-state index contributed by atoms with van der Waals surface area (Å²) in [6, 6.07) is 5.50. The van der Waals surface area contributed by atoms with Crippen molar-refractivity contribution >= 4 is 5.65 Å².